The fraction of sp³-hybridized carbons (Fsp3) is 0.333. The quantitative estimate of drug-likeness (QED) is 0.0151. The number of aliphatic carboxylic acids is 1. The Labute approximate surface area is 635 Å². The molecule has 3 heterocycles. The Morgan fingerprint density at radius 2 is 0.748 bits per heavy atom. The molecule has 0 aliphatic rings. The summed E-state index contributed by atoms with van der Waals surface area (Å²) in [5.41, 5.74) is 22.5. The molecule has 0 bridgehead atoms. The minimum absolute atomic E-state index is 0.00889. The van der Waals surface area contributed by atoms with Crippen LogP contribution in [0.15, 0.2) is 125 Å². The van der Waals surface area contributed by atoms with Gasteiger partial charge in [0.1, 0.15) is 21.2 Å². The number of carboxylic acids is 1. The van der Waals surface area contributed by atoms with E-state index in [-0.39, 0.29) is 148 Å². The molecule has 6 aromatic carbocycles. The molecule has 0 amide bonds. The Morgan fingerprint density at radius 1 is 0.450 bits per heavy atom. The number of aliphatic hydroxyl groups excluding tert-OH is 1. The summed E-state index contributed by atoms with van der Waals surface area (Å²) in [4.78, 5) is 46.9. The summed E-state index contributed by atoms with van der Waals surface area (Å²) in [7, 11) is -20.6. The number of phenolic OH excluding ortho intramolecular Hbond substituents is 2. The maximum atomic E-state index is 13.0. The molecule has 0 saturated carbocycles. The molecule has 48 heteroatoms. The van der Waals surface area contributed by atoms with E-state index >= 15 is 0 Å². The van der Waals surface area contributed by atoms with Gasteiger partial charge in [0.05, 0.1) is 64.2 Å². The number of aromatic hydroxyl groups is 2. The molecular weight excluding hydrogens is 1540 g/mol. The molecule has 0 saturated heterocycles. The van der Waals surface area contributed by atoms with Crippen molar-refractivity contribution in [3.8, 4) is 11.5 Å². The summed E-state index contributed by atoms with van der Waals surface area (Å²) >= 11 is 0. The van der Waals surface area contributed by atoms with Gasteiger partial charge in [-0.1, -0.05) is 0 Å². The number of carboxylic acid groups (broad SMARTS) is 1. The van der Waals surface area contributed by atoms with Gasteiger partial charge in [-0.15, -0.1) is 10.2 Å². The topological polar surface area (TPSA) is 701 Å². The summed E-state index contributed by atoms with van der Waals surface area (Å²) < 4.78 is 144. The highest BCUT2D eigenvalue weighted by atomic mass is 32.2. The van der Waals surface area contributed by atoms with Gasteiger partial charge in [-0.25, -0.2) is 0 Å². The van der Waals surface area contributed by atoms with Gasteiger partial charge in [-0.3, -0.25) is 18.2 Å². The first-order chi connectivity index (χ1) is 52.1. The van der Waals surface area contributed by atoms with E-state index in [9.17, 15) is 72.0 Å². The predicted molar refractivity (Wildman–Crippen MR) is 410 cm³/mol. The molecule has 3 aromatic heterocycles. The number of nitrogens with two attached hydrogens (primary N) is 4. The van der Waals surface area contributed by atoms with Gasteiger partial charge in [0, 0.05) is 85.5 Å². The number of hydrogen-bond acceptors (Lipinski definition) is 39. The van der Waals surface area contributed by atoms with Crippen molar-refractivity contribution < 1.29 is 82.0 Å². The van der Waals surface area contributed by atoms with Gasteiger partial charge >= 0.3 is 0 Å². The van der Waals surface area contributed by atoms with Crippen molar-refractivity contribution in [3.63, 3.8) is 0 Å². The van der Waals surface area contributed by atoms with Crippen LogP contribution in [0.25, 0.3) is 21.5 Å². The summed E-state index contributed by atoms with van der Waals surface area (Å²) in [5.74, 6) is -3.50. The molecule has 0 radical (unpaired) electrons. The molecule has 44 nitrogen and oxygen atoms in total. The van der Waals surface area contributed by atoms with Crippen molar-refractivity contribution in [1.82, 2.24) is 44.9 Å². The Balaban J connectivity index is 0.00000248. The third-order valence-electron chi connectivity index (χ3n) is 15.2. The molecule has 0 aliphatic heterocycles. The molecule has 9 rings (SSSR count). The van der Waals surface area contributed by atoms with Crippen molar-refractivity contribution in [1.29, 1.82) is 0 Å². The van der Waals surface area contributed by atoms with Crippen LogP contribution in [-0.2, 0) is 45.3 Å². The predicted octanol–water partition coefficient (Wildman–Crippen LogP) is 3.63. The summed E-state index contributed by atoms with van der Waals surface area (Å²) in [6.45, 7) is 16.2. The van der Waals surface area contributed by atoms with E-state index in [1.165, 1.54) is 53.4 Å². The number of nitrogens with one attached hydrogen (secondary N) is 10. The molecule has 0 spiro atoms. The third kappa shape index (κ3) is 24.6. The largest absolute Gasteiger partial charge is 0.547 e. The Hall–Kier alpha value is -11.3. The number of quaternary nitrogens is 1. The highest BCUT2D eigenvalue weighted by molar-refractivity contribution is 7.86. The zero-order valence-corrected chi connectivity index (χ0v) is 63.6. The Morgan fingerprint density at radius 3 is 1.04 bits per heavy atom. The zero-order chi connectivity index (χ0) is 81.4. The van der Waals surface area contributed by atoms with Gasteiger partial charge in [0.25, 0.3) is 40.5 Å². The molecular formula is C63H83N27O17S4. The highest BCUT2D eigenvalue weighted by Gasteiger charge is 2.29. The van der Waals surface area contributed by atoms with Crippen LogP contribution >= 0.6 is 0 Å². The van der Waals surface area contributed by atoms with E-state index in [2.05, 4.69) is 127 Å². The van der Waals surface area contributed by atoms with Crippen molar-refractivity contribution in [2.75, 3.05) is 100 Å². The van der Waals surface area contributed by atoms with Crippen LogP contribution in [0.1, 0.15) is 54.9 Å². The molecule has 25 N–H and O–H groups in total. The van der Waals surface area contributed by atoms with Gasteiger partial charge in [0.15, 0.2) is 11.5 Å². The lowest BCUT2D eigenvalue weighted by Crippen LogP contribution is -3.11. The first kappa shape index (κ1) is 85.3. The van der Waals surface area contributed by atoms with Crippen LogP contribution in [0.2, 0.25) is 0 Å². The maximum Gasteiger partial charge on any atom is 0.296 e. The van der Waals surface area contributed by atoms with E-state index in [0.717, 1.165) is 69.4 Å². The molecule has 596 valence electrons. The van der Waals surface area contributed by atoms with Gasteiger partial charge in [-0.2, -0.15) is 88.8 Å². The number of anilines is 13. The molecule has 0 aliphatic carbocycles. The summed E-state index contributed by atoms with van der Waals surface area (Å²) in [5, 5.41) is 83.2. The number of rotatable bonds is 36. The molecule has 5 unspecified atom stereocenters. The monoisotopic (exact) mass is 1620 g/mol. The number of benzene rings is 6. The van der Waals surface area contributed by atoms with Crippen molar-refractivity contribution in [3.05, 3.63) is 84.9 Å². The number of phenols is 2. The van der Waals surface area contributed by atoms with E-state index in [1.807, 2.05) is 0 Å². The van der Waals surface area contributed by atoms with Crippen molar-refractivity contribution in [2.45, 2.75) is 105 Å². The van der Waals surface area contributed by atoms with Crippen molar-refractivity contribution in [2.24, 2.45) is 43.4 Å². The number of fused-ring (bicyclic) bond motifs is 2. The van der Waals surface area contributed by atoms with Gasteiger partial charge in [-0.05, 0) is 144 Å². The first-order valence-corrected chi connectivity index (χ1v) is 39.3. The number of carbonyl (C=O) groups excluding carboxylic acids is 1. The maximum absolute atomic E-state index is 13.0. The zero-order valence-electron chi connectivity index (χ0n) is 60.3. The van der Waals surface area contributed by atoms with E-state index < -0.39 is 95.0 Å². The van der Waals surface area contributed by atoms with Crippen LogP contribution in [-0.4, -0.2) is 201 Å². The second kappa shape index (κ2) is 37.0. The smallest absolute Gasteiger partial charge is 0.296 e. The van der Waals surface area contributed by atoms with Crippen LogP contribution in [0.5, 0.6) is 11.5 Å². The average molecular weight is 1620 g/mol. The fourth-order valence-corrected chi connectivity index (χ4v) is 12.2. The highest BCUT2D eigenvalue weighted by Crippen LogP contribution is 2.48. The standard InChI is InChI=1S/C60H77N27O14S4.C3H6O3/c1-7-87(8-2)19-9-18-65-52-76-57(70-36-10-14-38(15-11-36)83-85-48-44(104(96,97)98)22-34-20-40(102(90,91)92)24-42(46(34)50(48)88)72-59-78-53(66-26-30(3)61)74-54(79-59)67-27-31(4)62)82-58(77-52)71-37-12-16-39(17-13-37)84-86-49-45(105(99,100)101)23-35-21-41(103(93,94)95)25-43(47(35)51(49)89)73-60-80-55(68-28-32(5)63)75-56(81-60)69-29-33(6)64;1-2(4)3(5)6/h10-17,20-25,30-33,88-89H,7-9,18-19,26-29,61-64H2,1-6H3,(H,90,91,92)(H,93,94,95)(H,96,97,98)(H,99,100,101)(H3,65,70,71,76,77,82)(H3,66,67,72,74,78,79)(H3,68,69,73,75,80,81);2,4H,1H3,(H,5,6). The molecule has 9 aromatic rings. The molecule has 111 heavy (non-hydrogen) atoms. The van der Waals surface area contributed by atoms with E-state index in [4.69, 9.17) is 28.0 Å². The minimum Gasteiger partial charge on any atom is -0.547 e. The minimum atomic E-state index is -5.26. The summed E-state index contributed by atoms with van der Waals surface area (Å²) in [6, 6.07) is 15.7. The average Bonchev–Trinajstić information content (AvgIpc) is 0.752. The lowest BCUT2D eigenvalue weighted by molar-refractivity contribution is -0.896. The number of carbonyl (C=O) groups is 1. The van der Waals surface area contributed by atoms with Crippen molar-refractivity contribution >= 4 is 167 Å². The third-order valence-corrected chi connectivity index (χ3v) is 18.6. The van der Waals surface area contributed by atoms with Gasteiger partial charge < -0.3 is 101 Å². The van der Waals surface area contributed by atoms with E-state index in [1.54, 1.807) is 27.7 Å². The lowest BCUT2D eigenvalue weighted by Gasteiger charge is -2.16. The SMILES string of the molecule is CC(O)C(=O)[O-].CC[NH+](CC)CCCNc1nc(Nc2ccc(N=Nc3c(S(=O)(=O)O)cc4cc(S(=O)(=O)O)cc(Nc5nc(NCC(C)N)nc(NCC(C)N)n5)c4c3O)cc2)nc(Nc2ccc(N=Nc3c(S(=O)(=O)O)cc4cc(S(=O)(=O)O)cc(Nc5nc(NCC(C)N)nc(NCC(C)N)n5)c4c3O)cc2)n1. The lowest BCUT2D eigenvalue weighted by atomic mass is 10.1. The fourth-order valence-electron chi connectivity index (χ4n) is 9.84. The van der Waals surface area contributed by atoms with Crippen LogP contribution in [0.3, 0.4) is 0 Å². The number of nitrogens with zero attached hydrogens (tertiary/aromatic N) is 13. The van der Waals surface area contributed by atoms with Crippen LogP contribution in [0.4, 0.5) is 99.0 Å². The van der Waals surface area contributed by atoms with Crippen LogP contribution < -0.4 is 80.8 Å². The second-order valence-electron chi connectivity index (χ2n) is 25.0. The van der Waals surface area contributed by atoms with E-state index in [0.29, 0.717) is 17.9 Å². The second-order valence-corrected chi connectivity index (χ2v) is 30.6. The molecule has 0 fully saturated rings. The van der Waals surface area contributed by atoms with Crippen LogP contribution in [0, 0.1) is 0 Å². The Bertz CT molecular complexity index is 5010. The number of aromatic nitrogens is 9. The first-order valence-electron chi connectivity index (χ1n) is 33.6. The number of aliphatic hydroxyl groups is 1. The normalized spacial score (nSPS) is 13.5. The Kier molecular flexibility index (Phi) is 28.4. The van der Waals surface area contributed by atoms with Gasteiger partial charge in [0.2, 0.25) is 53.5 Å². The number of hydrogen-bond donors (Lipinski definition) is 21. The molecule has 5 atom stereocenters. The number of azo groups is 2. The summed E-state index contributed by atoms with van der Waals surface area (Å²) in [6.07, 6.45) is -0.595.